The smallest absolute Gasteiger partial charge is 0.342 e. The highest BCUT2D eigenvalue weighted by Crippen LogP contribution is 2.40. The fourth-order valence-corrected chi connectivity index (χ4v) is 4.57. The van der Waals surface area contributed by atoms with Crippen molar-refractivity contribution in [3.63, 3.8) is 0 Å². The van der Waals surface area contributed by atoms with Crippen LogP contribution in [0.2, 0.25) is 0 Å². The number of hydrogen-bond acceptors (Lipinski definition) is 5. The maximum absolute atomic E-state index is 12.9. The Balaban J connectivity index is 2.20. The van der Waals surface area contributed by atoms with Crippen LogP contribution >= 0.6 is 11.8 Å². The van der Waals surface area contributed by atoms with Crippen LogP contribution in [0.25, 0.3) is 11.0 Å². The zero-order valence-electron chi connectivity index (χ0n) is 18.9. The van der Waals surface area contributed by atoms with Crippen LogP contribution in [0.4, 0.5) is 0 Å². The van der Waals surface area contributed by atoms with E-state index in [1.165, 1.54) is 4.90 Å². The van der Waals surface area contributed by atoms with Gasteiger partial charge in [-0.2, -0.15) is 0 Å². The highest BCUT2D eigenvalue weighted by atomic mass is 32.2. The summed E-state index contributed by atoms with van der Waals surface area (Å²) in [6, 6.07) is 11.9. The van der Waals surface area contributed by atoms with E-state index >= 15 is 0 Å². The Kier molecular flexibility index (Phi) is 7.64. The van der Waals surface area contributed by atoms with Gasteiger partial charge >= 0.3 is 5.97 Å². The molecule has 3 N–H and O–H groups in total. The molecule has 0 aliphatic carbocycles. The van der Waals surface area contributed by atoms with E-state index in [0.29, 0.717) is 41.1 Å². The fraction of sp³-hybridized carbons (Fsp3) is 0.375. The van der Waals surface area contributed by atoms with Gasteiger partial charge in [-0.05, 0) is 25.1 Å². The van der Waals surface area contributed by atoms with E-state index < -0.39 is 5.97 Å². The van der Waals surface area contributed by atoms with Crippen LogP contribution in [0.1, 0.15) is 34.2 Å². The third-order valence-corrected chi connectivity index (χ3v) is 5.91. The number of thioether (sulfide) groups is 1. The van der Waals surface area contributed by atoms with Gasteiger partial charge < -0.3 is 24.1 Å². The molecule has 0 spiro atoms. The van der Waals surface area contributed by atoms with E-state index in [1.807, 2.05) is 64.6 Å². The van der Waals surface area contributed by atoms with Crippen molar-refractivity contribution >= 4 is 28.7 Å². The number of carbonyl (C=O) groups is 1. The number of furan rings is 1. The zero-order valence-corrected chi connectivity index (χ0v) is 19.7. The van der Waals surface area contributed by atoms with Crippen molar-refractivity contribution in [1.82, 2.24) is 0 Å². The summed E-state index contributed by atoms with van der Waals surface area (Å²) in [4.78, 5) is 16.4. The molecule has 0 fully saturated rings. The molecule has 0 bridgehead atoms. The average Bonchev–Trinajstić information content (AvgIpc) is 3.05. The lowest BCUT2D eigenvalue weighted by molar-refractivity contribution is -0.873. The van der Waals surface area contributed by atoms with Crippen LogP contribution in [0.5, 0.6) is 5.75 Å². The third kappa shape index (κ3) is 5.42. The van der Waals surface area contributed by atoms with E-state index in [4.69, 9.17) is 9.15 Å². The van der Waals surface area contributed by atoms with Gasteiger partial charge in [0.2, 0.25) is 0 Å². The first-order valence-electron chi connectivity index (χ1n) is 10.5. The number of nitrogens with one attached hydrogen (secondary N) is 2. The van der Waals surface area contributed by atoms with Gasteiger partial charge in [-0.15, -0.1) is 11.8 Å². The summed E-state index contributed by atoms with van der Waals surface area (Å²) in [7, 11) is 8.09. The van der Waals surface area contributed by atoms with Crippen molar-refractivity contribution in [3.05, 3.63) is 58.8 Å². The minimum Gasteiger partial charge on any atom is -0.507 e. The molecule has 1 heterocycles. The van der Waals surface area contributed by atoms with E-state index in [2.05, 4.69) is 0 Å². The summed E-state index contributed by atoms with van der Waals surface area (Å²) < 4.78 is 11.6. The molecule has 2 aromatic carbocycles. The van der Waals surface area contributed by atoms with E-state index in [-0.39, 0.29) is 12.4 Å². The molecule has 166 valence electrons. The van der Waals surface area contributed by atoms with Crippen LogP contribution in [0.3, 0.4) is 0 Å². The minimum absolute atomic E-state index is 0.229. The highest BCUT2D eigenvalue weighted by Gasteiger charge is 2.29. The van der Waals surface area contributed by atoms with Crippen molar-refractivity contribution in [2.24, 2.45) is 0 Å². The summed E-state index contributed by atoms with van der Waals surface area (Å²) in [5.74, 6) is 0.928. The number of fused-ring (bicyclic) bond motifs is 1. The molecule has 0 amide bonds. The maximum Gasteiger partial charge on any atom is 0.342 e. The van der Waals surface area contributed by atoms with Crippen LogP contribution in [0, 0.1) is 0 Å². The Labute approximate surface area is 187 Å². The molecule has 1 aromatic heterocycles. The largest absolute Gasteiger partial charge is 0.507 e. The van der Waals surface area contributed by atoms with Crippen molar-refractivity contribution in [1.29, 1.82) is 0 Å². The number of carbonyl (C=O) groups excluding carboxylic acids is 1. The number of quaternary nitrogens is 2. The van der Waals surface area contributed by atoms with Crippen molar-refractivity contribution < 1.29 is 28.9 Å². The number of phenolic OH excluding ortho intramolecular Hbond substituents is 1. The maximum atomic E-state index is 12.9. The Hall–Kier alpha value is -2.48. The molecule has 0 saturated heterocycles. The second kappa shape index (κ2) is 10.2. The SMILES string of the molecule is CCOC(=O)c1c(C[NH+](C)C)oc2cc(C[NH+](C)C)c(O)c(CSc3ccccc3)c12. The van der Waals surface area contributed by atoms with Crippen molar-refractivity contribution in [3.8, 4) is 5.75 Å². The van der Waals surface area contributed by atoms with Gasteiger partial charge in [-0.1, -0.05) is 18.2 Å². The minimum atomic E-state index is -0.408. The number of esters is 1. The molecule has 0 saturated carbocycles. The molecule has 6 nitrogen and oxygen atoms in total. The number of ether oxygens (including phenoxy) is 1. The number of benzene rings is 2. The van der Waals surface area contributed by atoms with Gasteiger partial charge in [0.25, 0.3) is 0 Å². The normalized spacial score (nSPS) is 11.6. The molecular weight excluding hydrogens is 412 g/mol. The van der Waals surface area contributed by atoms with Gasteiger partial charge in [0.05, 0.1) is 40.4 Å². The van der Waals surface area contributed by atoms with Crippen LogP contribution < -0.4 is 9.80 Å². The molecule has 0 unspecified atom stereocenters. The van der Waals surface area contributed by atoms with Gasteiger partial charge in [0.15, 0.2) is 5.76 Å². The number of aromatic hydroxyl groups is 1. The zero-order chi connectivity index (χ0) is 22.5. The number of phenols is 1. The van der Waals surface area contributed by atoms with Gasteiger partial charge in [0.1, 0.15) is 30.0 Å². The van der Waals surface area contributed by atoms with Crippen LogP contribution in [-0.2, 0) is 23.6 Å². The predicted octanol–water partition coefficient (Wildman–Crippen LogP) is 1.90. The van der Waals surface area contributed by atoms with E-state index in [0.717, 1.165) is 20.9 Å². The quantitative estimate of drug-likeness (QED) is 0.347. The fourth-order valence-electron chi connectivity index (χ4n) is 3.63. The summed E-state index contributed by atoms with van der Waals surface area (Å²) in [6.45, 7) is 3.26. The Morgan fingerprint density at radius 2 is 1.77 bits per heavy atom. The Bertz CT molecular complexity index is 1040. The summed E-state index contributed by atoms with van der Waals surface area (Å²) in [5, 5.41) is 11.9. The van der Waals surface area contributed by atoms with Crippen LogP contribution in [0.15, 0.2) is 45.7 Å². The Morgan fingerprint density at radius 3 is 2.39 bits per heavy atom. The second-order valence-corrected chi connectivity index (χ2v) is 9.27. The Morgan fingerprint density at radius 1 is 1.10 bits per heavy atom. The lowest BCUT2D eigenvalue weighted by Crippen LogP contribution is -3.04. The first-order valence-corrected chi connectivity index (χ1v) is 11.5. The van der Waals surface area contributed by atoms with Crippen molar-refractivity contribution in [2.75, 3.05) is 34.8 Å². The lowest BCUT2D eigenvalue weighted by Gasteiger charge is -2.14. The topological polar surface area (TPSA) is 68.5 Å². The lowest BCUT2D eigenvalue weighted by atomic mass is 10.0. The molecule has 0 aliphatic heterocycles. The monoisotopic (exact) mass is 444 g/mol. The molecule has 7 heteroatoms. The van der Waals surface area contributed by atoms with E-state index in [1.54, 1.807) is 18.7 Å². The van der Waals surface area contributed by atoms with E-state index in [9.17, 15) is 9.90 Å². The summed E-state index contributed by atoms with van der Waals surface area (Å²) in [5.41, 5.74) is 2.58. The second-order valence-electron chi connectivity index (χ2n) is 8.23. The number of hydrogen-bond donors (Lipinski definition) is 3. The van der Waals surface area contributed by atoms with Gasteiger partial charge in [-0.25, -0.2) is 4.79 Å². The third-order valence-electron chi connectivity index (χ3n) is 4.87. The highest BCUT2D eigenvalue weighted by molar-refractivity contribution is 7.98. The van der Waals surface area contributed by atoms with Crippen LogP contribution in [-0.4, -0.2) is 45.9 Å². The summed E-state index contributed by atoms with van der Waals surface area (Å²) in [6.07, 6.45) is 0. The predicted molar refractivity (Wildman–Crippen MR) is 123 cm³/mol. The standard InChI is InChI=1S/C24H30N2O4S/c1-6-29-24(28)22-20(14-26(4)5)30-19-12-16(13-25(2)3)23(27)18(21(19)22)15-31-17-10-8-7-9-11-17/h7-12,27H,6,13-15H2,1-5H3/p+2. The van der Waals surface area contributed by atoms with Gasteiger partial charge in [0, 0.05) is 21.6 Å². The average molecular weight is 445 g/mol. The molecule has 3 rings (SSSR count). The molecular formula is C24H32N2O4S+2. The molecule has 3 aromatic rings. The van der Waals surface area contributed by atoms with Gasteiger partial charge in [-0.3, -0.25) is 0 Å². The number of rotatable bonds is 9. The first kappa shape index (κ1) is 23.2. The molecule has 0 radical (unpaired) electrons. The molecule has 0 atom stereocenters. The molecule has 0 aliphatic rings. The molecule has 31 heavy (non-hydrogen) atoms. The van der Waals surface area contributed by atoms with Crippen molar-refractivity contribution in [2.45, 2.75) is 30.7 Å². The first-order chi connectivity index (χ1) is 14.8. The summed E-state index contributed by atoms with van der Waals surface area (Å²) >= 11 is 1.62.